The fraction of sp³-hybridized carbons (Fsp3) is 0.111. The van der Waals surface area contributed by atoms with Gasteiger partial charge in [0.25, 0.3) is 11.8 Å². The summed E-state index contributed by atoms with van der Waals surface area (Å²) in [7, 11) is 0. The molecule has 2 N–H and O–H groups in total. The van der Waals surface area contributed by atoms with Crippen LogP contribution in [0.1, 0.15) is 34.6 Å². The molecule has 0 atom stereocenters. The molecule has 0 bridgehead atoms. The van der Waals surface area contributed by atoms with E-state index in [0.29, 0.717) is 17.1 Å². The molecule has 7 heteroatoms. The fourth-order valence-corrected chi connectivity index (χ4v) is 2.74. The minimum Gasteiger partial charge on any atom is -0.326 e. The van der Waals surface area contributed by atoms with Crippen LogP contribution in [0.15, 0.2) is 42.5 Å². The lowest BCUT2D eigenvalue weighted by atomic mass is 10.1. The van der Waals surface area contributed by atoms with Crippen molar-refractivity contribution in [2.75, 3.05) is 15.5 Å². The monoisotopic (exact) mass is 337 g/mol. The molecule has 126 valence electrons. The summed E-state index contributed by atoms with van der Waals surface area (Å²) in [5.74, 6) is -1.59. The Balaban J connectivity index is 2.03. The van der Waals surface area contributed by atoms with Gasteiger partial charge >= 0.3 is 0 Å². The number of imide groups is 1. The van der Waals surface area contributed by atoms with Crippen LogP contribution in [0.4, 0.5) is 17.1 Å². The molecule has 25 heavy (non-hydrogen) atoms. The summed E-state index contributed by atoms with van der Waals surface area (Å²) >= 11 is 0. The highest BCUT2D eigenvalue weighted by Gasteiger charge is 2.38. The summed E-state index contributed by atoms with van der Waals surface area (Å²) < 4.78 is 0. The summed E-state index contributed by atoms with van der Waals surface area (Å²) in [5.41, 5.74) is 1.49. The van der Waals surface area contributed by atoms with Crippen molar-refractivity contribution in [3.05, 3.63) is 53.6 Å². The van der Waals surface area contributed by atoms with E-state index in [2.05, 4.69) is 10.6 Å². The highest BCUT2D eigenvalue weighted by atomic mass is 16.2. The molecule has 1 heterocycles. The first-order valence-electron chi connectivity index (χ1n) is 7.55. The Morgan fingerprint density at radius 2 is 1.56 bits per heavy atom. The molecule has 0 aromatic heterocycles. The van der Waals surface area contributed by atoms with Crippen molar-refractivity contribution < 1.29 is 19.2 Å². The molecule has 1 aliphatic rings. The van der Waals surface area contributed by atoms with Crippen molar-refractivity contribution in [1.29, 1.82) is 0 Å². The molecule has 4 amide bonds. The van der Waals surface area contributed by atoms with E-state index in [9.17, 15) is 19.2 Å². The van der Waals surface area contributed by atoms with Crippen LogP contribution in [-0.4, -0.2) is 23.6 Å². The highest BCUT2D eigenvalue weighted by Crippen LogP contribution is 2.33. The van der Waals surface area contributed by atoms with Gasteiger partial charge in [-0.05, 0) is 30.3 Å². The zero-order valence-corrected chi connectivity index (χ0v) is 13.6. The molecule has 0 fully saturated rings. The highest BCUT2D eigenvalue weighted by molar-refractivity contribution is 6.36. The van der Waals surface area contributed by atoms with E-state index >= 15 is 0 Å². The standard InChI is InChI=1S/C18H15N3O4/c1-10(22)19-12-5-3-6-13(9-12)21-17(24)14-7-4-8-15(20-11(2)23)16(14)18(21)25/h3-9H,1-2H3,(H,19,22)(H,20,23). The zero-order valence-electron chi connectivity index (χ0n) is 13.6. The largest absolute Gasteiger partial charge is 0.326 e. The van der Waals surface area contributed by atoms with E-state index in [1.54, 1.807) is 42.5 Å². The minimum absolute atomic E-state index is 0.160. The van der Waals surface area contributed by atoms with Crippen molar-refractivity contribution in [3.8, 4) is 0 Å². The zero-order chi connectivity index (χ0) is 18.1. The maximum atomic E-state index is 12.8. The second-order valence-electron chi connectivity index (χ2n) is 5.59. The first-order valence-corrected chi connectivity index (χ1v) is 7.55. The summed E-state index contributed by atoms with van der Waals surface area (Å²) in [6, 6.07) is 11.2. The Kier molecular flexibility index (Phi) is 4.06. The molecule has 0 saturated heterocycles. The number of benzene rings is 2. The molecule has 2 aromatic rings. The number of carbonyl (C=O) groups is 4. The van der Waals surface area contributed by atoms with Gasteiger partial charge in [0.1, 0.15) is 0 Å². The number of anilines is 3. The number of hydrogen-bond acceptors (Lipinski definition) is 4. The smallest absolute Gasteiger partial charge is 0.268 e. The molecule has 0 radical (unpaired) electrons. The number of nitrogens with zero attached hydrogens (tertiary/aromatic N) is 1. The first kappa shape index (κ1) is 16.4. The lowest BCUT2D eigenvalue weighted by molar-refractivity contribution is -0.115. The quantitative estimate of drug-likeness (QED) is 0.841. The minimum atomic E-state index is -0.524. The van der Waals surface area contributed by atoms with Crippen LogP contribution >= 0.6 is 0 Å². The third-order valence-electron chi connectivity index (χ3n) is 3.65. The van der Waals surface area contributed by atoms with Gasteiger partial charge in [-0.3, -0.25) is 19.2 Å². The van der Waals surface area contributed by atoms with Crippen LogP contribution < -0.4 is 15.5 Å². The number of carbonyl (C=O) groups excluding carboxylic acids is 4. The van der Waals surface area contributed by atoms with E-state index in [4.69, 9.17) is 0 Å². The van der Waals surface area contributed by atoms with Gasteiger partial charge in [-0.15, -0.1) is 0 Å². The second kappa shape index (κ2) is 6.20. The first-order chi connectivity index (χ1) is 11.9. The van der Waals surface area contributed by atoms with Crippen molar-refractivity contribution in [1.82, 2.24) is 0 Å². The van der Waals surface area contributed by atoms with Crippen molar-refractivity contribution in [2.24, 2.45) is 0 Å². The topological polar surface area (TPSA) is 95.6 Å². The van der Waals surface area contributed by atoms with Crippen molar-refractivity contribution >= 4 is 40.7 Å². The fourth-order valence-electron chi connectivity index (χ4n) is 2.74. The van der Waals surface area contributed by atoms with Crippen LogP contribution in [0.5, 0.6) is 0 Å². The van der Waals surface area contributed by atoms with E-state index in [-0.39, 0.29) is 22.9 Å². The number of hydrogen-bond donors (Lipinski definition) is 2. The van der Waals surface area contributed by atoms with Crippen molar-refractivity contribution in [3.63, 3.8) is 0 Å². The number of nitrogens with one attached hydrogen (secondary N) is 2. The third kappa shape index (κ3) is 2.99. The van der Waals surface area contributed by atoms with Crippen LogP contribution in [-0.2, 0) is 9.59 Å². The van der Waals surface area contributed by atoms with Crippen LogP contribution in [0.25, 0.3) is 0 Å². The van der Waals surface area contributed by atoms with Gasteiger partial charge in [0, 0.05) is 19.5 Å². The molecule has 3 rings (SSSR count). The molecular weight excluding hydrogens is 322 g/mol. The van der Waals surface area contributed by atoms with Crippen molar-refractivity contribution in [2.45, 2.75) is 13.8 Å². The van der Waals surface area contributed by atoms with Gasteiger partial charge in [0.15, 0.2) is 0 Å². The van der Waals surface area contributed by atoms with Crippen LogP contribution in [0.2, 0.25) is 0 Å². The molecule has 1 aliphatic heterocycles. The molecule has 0 unspecified atom stereocenters. The van der Waals surface area contributed by atoms with Crippen LogP contribution in [0, 0.1) is 0 Å². The summed E-state index contributed by atoms with van der Waals surface area (Å²) in [4.78, 5) is 49.1. The van der Waals surface area contributed by atoms with Gasteiger partial charge < -0.3 is 10.6 Å². The van der Waals surface area contributed by atoms with Gasteiger partial charge in [-0.1, -0.05) is 12.1 Å². The molecule has 7 nitrogen and oxygen atoms in total. The maximum absolute atomic E-state index is 12.8. The van der Waals surface area contributed by atoms with E-state index in [1.807, 2.05) is 0 Å². The Morgan fingerprint density at radius 3 is 2.24 bits per heavy atom. The lowest BCUT2D eigenvalue weighted by Gasteiger charge is -2.15. The SMILES string of the molecule is CC(=O)Nc1cccc(N2C(=O)c3cccc(NC(C)=O)c3C2=O)c1. The maximum Gasteiger partial charge on any atom is 0.268 e. The molecule has 0 aliphatic carbocycles. The summed E-state index contributed by atoms with van der Waals surface area (Å²) in [6.45, 7) is 2.70. The molecule has 0 saturated carbocycles. The van der Waals surface area contributed by atoms with Crippen LogP contribution in [0.3, 0.4) is 0 Å². The average Bonchev–Trinajstić information content (AvgIpc) is 2.79. The third-order valence-corrected chi connectivity index (χ3v) is 3.65. The van der Waals surface area contributed by atoms with Gasteiger partial charge in [0.05, 0.1) is 22.5 Å². The van der Waals surface area contributed by atoms with E-state index in [0.717, 1.165) is 4.90 Å². The average molecular weight is 337 g/mol. The lowest BCUT2D eigenvalue weighted by Crippen LogP contribution is -2.29. The molecule has 0 spiro atoms. The van der Waals surface area contributed by atoms with E-state index < -0.39 is 11.8 Å². The summed E-state index contributed by atoms with van der Waals surface area (Å²) in [5, 5.41) is 5.18. The predicted octanol–water partition coefficient (Wildman–Crippen LogP) is 2.40. The second-order valence-corrected chi connectivity index (χ2v) is 5.59. The van der Waals surface area contributed by atoms with Gasteiger partial charge in [0.2, 0.25) is 11.8 Å². The number of amides is 4. The van der Waals surface area contributed by atoms with Gasteiger partial charge in [-0.2, -0.15) is 0 Å². The Morgan fingerprint density at radius 1 is 0.880 bits per heavy atom. The van der Waals surface area contributed by atoms with E-state index in [1.165, 1.54) is 13.8 Å². The number of rotatable bonds is 3. The Labute approximate surface area is 143 Å². The molecular formula is C18H15N3O4. The summed E-state index contributed by atoms with van der Waals surface area (Å²) in [6.07, 6.45) is 0. The molecule has 2 aromatic carbocycles. The normalized spacial score (nSPS) is 12.8. The van der Waals surface area contributed by atoms with Gasteiger partial charge in [-0.25, -0.2) is 4.90 Å². The number of fused-ring (bicyclic) bond motifs is 1. The predicted molar refractivity (Wildman–Crippen MR) is 92.6 cm³/mol. The Hall–Kier alpha value is -3.48. The Bertz CT molecular complexity index is 920.